The third-order valence-electron chi connectivity index (χ3n) is 15.0. The van der Waals surface area contributed by atoms with Gasteiger partial charge in [0, 0.05) is 31.3 Å². The molecule has 1 aromatic rings. The third kappa shape index (κ3) is 4.40. The molecule has 43 heavy (non-hydrogen) atoms. The van der Waals surface area contributed by atoms with Gasteiger partial charge in [0.05, 0.1) is 5.41 Å². The smallest absolute Gasteiger partial charge is 0.302 e. The second kappa shape index (κ2) is 10.4. The number of hydrogen-bond donors (Lipinski definition) is 1. The number of carbonyl (C=O) groups is 2. The predicted molar refractivity (Wildman–Crippen MR) is 171 cm³/mol. The quantitative estimate of drug-likeness (QED) is 0.278. The first-order valence-corrected chi connectivity index (χ1v) is 17.2. The second-order valence-electron chi connectivity index (χ2n) is 16.8. The molecule has 0 bridgehead atoms. The average Bonchev–Trinajstić information content (AvgIpc) is 3.35. The highest BCUT2D eigenvalue weighted by atomic mass is 16.5. The summed E-state index contributed by atoms with van der Waals surface area (Å²) in [6.45, 7) is 21.5. The fourth-order valence-electron chi connectivity index (χ4n) is 12.8. The molecular formula is C38H56N2O3. The summed E-state index contributed by atoms with van der Waals surface area (Å²) in [5.74, 6) is 2.64. The van der Waals surface area contributed by atoms with Gasteiger partial charge in [0.1, 0.15) is 6.10 Å². The maximum Gasteiger partial charge on any atom is 0.302 e. The molecule has 5 nitrogen and oxygen atoms in total. The van der Waals surface area contributed by atoms with Crippen LogP contribution in [0.3, 0.4) is 0 Å². The van der Waals surface area contributed by atoms with E-state index in [1.165, 1.54) is 31.3 Å². The zero-order valence-corrected chi connectivity index (χ0v) is 27.9. The molecule has 236 valence electrons. The van der Waals surface area contributed by atoms with Gasteiger partial charge in [-0.05, 0) is 135 Å². The van der Waals surface area contributed by atoms with E-state index in [9.17, 15) is 9.59 Å². The summed E-state index contributed by atoms with van der Waals surface area (Å²) in [6.07, 6.45) is 14.8. The Morgan fingerprint density at radius 1 is 0.884 bits per heavy atom. The van der Waals surface area contributed by atoms with Crippen molar-refractivity contribution in [3.8, 4) is 0 Å². The molecule has 1 aromatic heterocycles. The molecule has 10 atom stereocenters. The van der Waals surface area contributed by atoms with Gasteiger partial charge in [-0.15, -0.1) is 0 Å². The Morgan fingerprint density at radius 3 is 2.28 bits per heavy atom. The first-order chi connectivity index (χ1) is 20.2. The Labute approximate surface area is 260 Å². The lowest BCUT2D eigenvalue weighted by Crippen LogP contribution is -2.67. The SMILES string of the molecule is C=C(C)[C@@H]1CC[C@]2(C(=O)NCc3ccncc3)CC[C@]3(C)[C@H](CC[C@@H]4[C@@]5(C)CC[C@H](OC(C)=O)C(C)(C)[C@@H]5CC[C@]43C)[C@@H]12. The van der Waals surface area contributed by atoms with Crippen LogP contribution < -0.4 is 5.32 Å². The van der Waals surface area contributed by atoms with Crippen molar-refractivity contribution in [2.24, 2.45) is 56.7 Å². The molecule has 0 aromatic carbocycles. The number of aromatic nitrogens is 1. The molecule has 1 amide bonds. The number of rotatable bonds is 5. The van der Waals surface area contributed by atoms with E-state index in [4.69, 9.17) is 4.74 Å². The molecule has 5 aliphatic carbocycles. The van der Waals surface area contributed by atoms with Crippen molar-refractivity contribution in [3.63, 3.8) is 0 Å². The van der Waals surface area contributed by atoms with E-state index in [-0.39, 0.29) is 45.1 Å². The molecule has 0 unspecified atom stereocenters. The number of esters is 1. The summed E-state index contributed by atoms with van der Waals surface area (Å²) in [4.78, 5) is 30.5. The Kier molecular flexibility index (Phi) is 7.49. The van der Waals surface area contributed by atoms with Crippen LogP contribution in [-0.2, 0) is 20.9 Å². The fraction of sp³-hybridized carbons (Fsp3) is 0.763. The number of fused-ring (bicyclic) bond motifs is 7. The number of hydrogen-bond acceptors (Lipinski definition) is 4. The van der Waals surface area contributed by atoms with Gasteiger partial charge >= 0.3 is 5.97 Å². The second-order valence-corrected chi connectivity index (χ2v) is 16.8. The van der Waals surface area contributed by atoms with Crippen molar-refractivity contribution in [1.82, 2.24) is 10.3 Å². The van der Waals surface area contributed by atoms with Gasteiger partial charge in [-0.3, -0.25) is 14.6 Å². The van der Waals surface area contributed by atoms with Crippen LogP contribution in [0.15, 0.2) is 36.7 Å². The Bertz CT molecular complexity index is 1270. The third-order valence-corrected chi connectivity index (χ3v) is 15.0. The minimum Gasteiger partial charge on any atom is -0.462 e. The van der Waals surface area contributed by atoms with Crippen LogP contribution in [0.4, 0.5) is 0 Å². The number of nitrogens with zero attached hydrogens (tertiary/aromatic N) is 1. The Hall–Kier alpha value is -2.17. The highest BCUT2D eigenvalue weighted by Gasteiger charge is 2.72. The standard InChI is InChI=1S/C38H56N2O3/c1-24(2)27-11-18-38(33(42)40-23-26-14-21-39-22-15-26)20-19-36(7)28(32(27)38)9-10-30-35(6)16-13-31(43-25(3)41)34(4,5)29(35)12-17-37(30,36)8/h14-15,21-22,27-32H,1,9-13,16-20,23H2,2-8H3,(H,40,42)/t27-,28+,29-,30+,31-,32+,35-,36+,37+,38-/m0/s1. The molecular weight excluding hydrogens is 532 g/mol. The number of amides is 1. The molecule has 0 radical (unpaired) electrons. The van der Waals surface area contributed by atoms with Crippen molar-refractivity contribution >= 4 is 11.9 Å². The van der Waals surface area contributed by atoms with Gasteiger partial charge in [-0.1, -0.05) is 46.8 Å². The van der Waals surface area contributed by atoms with Crippen molar-refractivity contribution in [3.05, 3.63) is 42.2 Å². The lowest BCUT2D eigenvalue weighted by atomic mass is 9.32. The fourth-order valence-corrected chi connectivity index (χ4v) is 12.8. The van der Waals surface area contributed by atoms with Crippen molar-refractivity contribution in [2.75, 3.05) is 0 Å². The number of carbonyl (C=O) groups excluding carboxylic acids is 2. The molecule has 1 heterocycles. The summed E-state index contributed by atoms with van der Waals surface area (Å²) in [5.41, 5.74) is 2.72. The highest BCUT2D eigenvalue weighted by Crippen LogP contribution is 2.77. The number of allylic oxidation sites excluding steroid dienone is 1. The van der Waals surface area contributed by atoms with Gasteiger partial charge in [-0.25, -0.2) is 0 Å². The van der Waals surface area contributed by atoms with Crippen molar-refractivity contribution in [2.45, 2.75) is 125 Å². The molecule has 5 saturated carbocycles. The average molecular weight is 589 g/mol. The van der Waals surface area contributed by atoms with Gasteiger partial charge in [-0.2, -0.15) is 0 Å². The van der Waals surface area contributed by atoms with Crippen LogP contribution >= 0.6 is 0 Å². The molecule has 5 aliphatic rings. The largest absolute Gasteiger partial charge is 0.462 e. The Morgan fingerprint density at radius 2 is 1.60 bits per heavy atom. The van der Waals surface area contributed by atoms with Crippen LogP contribution in [-0.4, -0.2) is 23.0 Å². The normalized spacial score (nSPS) is 44.6. The van der Waals surface area contributed by atoms with Gasteiger partial charge in [0.2, 0.25) is 5.91 Å². The van der Waals surface area contributed by atoms with Crippen LogP contribution in [0.1, 0.15) is 118 Å². The Balaban J connectivity index is 1.31. The van der Waals surface area contributed by atoms with Crippen LogP contribution in [0, 0.1) is 56.7 Å². The highest BCUT2D eigenvalue weighted by molar-refractivity contribution is 5.84. The molecule has 5 heteroatoms. The zero-order chi connectivity index (χ0) is 31.0. The summed E-state index contributed by atoms with van der Waals surface area (Å²) >= 11 is 0. The van der Waals surface area contributed by atoms with E-state index in [0.717, 1.165) is 44.1 Å². The molecule has 0 saturated heterocycles. The maximum absolute atomic E-state index is 14.3. The van der Waals surface area contributed by atoms with Crippen LogP contribution in [0.25, 0.3) is 0 Å². The van der Waals surface area contributed by atoms with Crippen LogP contribution in [0.2, 0.25) is 0 Å². The summed E-state index contributed by atoms with van der Waals surface area (Å²) < 4.78 is 5.94. The predicted octanol–water partition coefficient (Wildman–Crippen LogP) is 8.29. The van der Waals surface area contributed by atoms with E-state index in [1.807, 2.05) is 12.1 Å². The van der Waals surface area contributed by atoms with Crippen molar-refractivity contribution in [1.29, 1.82) is 0 Å². The number of ether oxygens (including phenoxy) is 1. The van der Waals surface area contributed by atoms with E-state index >= 15 is 0 Å². The molecule has 0 spiro atoms. The first kappa shape index (κ1) is 30.8. The summed E-state index contributed by atoms with van der Waals surface area (Å²) in [5, 5.41) is 3.40. The van der Waals surface area contributed by atoms with Gasteiger partial charge in [0.25, 0.3) is 0 Å². The van der Waals surface area contributed by atoms with Gasteiger partial charge < -0.3 is 10.1 Å². The molecule has 0 aliphatic heterocycles. The first-order valence-electron chi connectivity index (χ1n) is 17.2. The molecule has 1 N–H and O–H groups in total. The lowest BCUT2D eigenvalue weighted by molar-refractivity contribution is -0.248. The number of pyridine rings is 1. The van der Waals surface area contributed by atoms with Crippen LogP contribution in [0.5, 0.6) is 0 Å². The molecule has 6 rings (SSSR count). The zero-order valence-electron chi connectivity index (χ0n) is 27.9. The molecule has 5 fully saturated rings. The summed E-state index contributed by atoms with van der Waals surface area (Å²) in [7, 11) is 0. The topological polar surface area (TPSA) is 68.3 Å². The van der Waals surface area contributed by atoms with E-state index in [1.54, 1.807) is 19.3 Å². The van der Waals surface area contributed by atoms with Crippen molar-refractivity contribution < 1.29 is 14.3 Å². The van der Waals surface area contributed by atoms with E-state index < -0.39 is 0 Å². The monoisotopic (exact) mass is 588 g/mol. The van der Waals surface area contributed by atoms with E-state index in [2.05, 4.69) is 58.4 Å². The number of nitrogens with one attached hydrogen (secondary N) is 1. The van der Waals surface area contributed by atoms with Gasteiger partial charge in [0.15, 0.2) is 0 Å². The maximum atomic E-state index is 14.3. The van der Waals surface area contributed by atoms with E-state index in [0.29, 0.717) is 36.1 Å². The minimum absolute atomic E-state index is 0.00938. The minimum atomic E-state index is -0.296. The summed E-state index contributed by atoms with van der Waals surface area (Å²) in [6, 6.07) is 4.00. The lowest BCUT2D eigenvalue weighted by Gasteiger charge is -2.72.